The van der Waals surface area contributed by atoms with Crippen molar-refractivity contribution in [2.75, 3.05) is 6.54 Å². The molecule has 4 fully saturated rings. The smallest absolute Gasteiger partial charge is 0.408 e. The van der Waals surface area contributed by atoms with Gasteiger partial charge in [0, 0.05) is 28.3 Å². The number of carbonyl (C=O) groups is 4. The molecule has 3 saturated carbocycles. The molecule has 1 spiro atoms. The summed E-state index contributed by atoms with van der Waals surface area (Å²) in [5.41, 5.74) is -0.0595. The van der Waals surface area contributed by atoms with Crippen LogP contribution in [0.4, 0.5) is 4.79 Å². The van der Waals surface area contributed by atoms with Gasteiger partial charge in [-0.05, 0) is 109 Å². The molecule has 1 aromatic carbocycles. The summed E-state index contributed by atoms with van der Waals surface area (Å²) in [5.74, 6) is -1.61. The Morgan fingerprint density at radius 2 is 1.79 bits per heavy atom. The number of allylic oxidation sites excluding steroid dienone is 1. The number of halogens is 1. The van der Waals surface area contributed by atoms with Gasteiger partial charge in [0.2, 0.25) is 21.8 Å². The Hall–Kier alpha value is -3.91. The molecule has 0 unspecified atom stereocenters. The van der Waals surface area contributed by atoms with Crippen molar-refractivity contribution in [3.63, 3.8) is 0 Å². The highest BCUT2D eigenvalue weighted by Gasteiger charge is 2.64. The van der Waals surface area contributed by atoms with Crippen LogP contribution in [-0.2, 0) is 35.6 Å². The molecule has 3 N–H and O–H groups in total. The van der Waals surface area contributed by atoms with Gasteiger partial charge in [0.05, 0.1) is 22.5 Å². The highest BCUT2D eigenvalue weighted by atomic mass is 35.5. The zero-order valence-corrected chi connectivity index (χ0v) is 33.7. The minimum Gasteiger partial charge on any atom is -0.483 e. The van der Waals surface area contributed by atoms with Gasteiger partial charge in [-0.3, -0.25) is 19.1 Å². The third-order valence-electron chi connectivity index (χ3n) is 13.1. The molecule has 1 saturated heterocycles. The van der Waals surface area contributed by atoms with Crippen LogP contribution in [0.15, 0.2) is 30.4 Å². The van der Waals surface area contributed by atoms with Crippen LogP contribution in [0.1, 0.15) is 114 Å². The first kappa shape index (κ1) is 38.9. The molecular weight excluding hydrogens is 758 g/mol. The predicted molar refractivity (Wildman–Crippen MR) is 209 cm³/mol. The van der Waals surface area contributed by atoms with Crippen LogP contribution in [0.2, 0.25) is 5.02 Å². The molecule has 8 rings (SSSR count). The van der Waals surface area contributed by atoms with Gasteiger partial charge in [-0.2, -0.15) is 0 Å². The van der Waals surface area contributed by atoms with Gasteiger partial charge in [0.25, 0.3) is 5.91 Å². The van der Waals surface area contributed by atoms with E-state index in [2.05, 4.69) is 15.4 Å². The first-order valence-corrected chi connectivity index (χ1v) is 22.2. The molecule has 6 aliphatic rings. The second kappa shape index (κ2) is 14.8. The molecule has 2 aromatic rings. The summed E-state index contributed by atoms with van der Waals surface area (Å²) < 4.78 is 40.4. The molecule has 56 heavy (non-hydrogen) atoms. The molecule has 302 valence electrons. The van der Waals surface area contributed by atoms with Crippen molar-refractivity contribution in [3.8, 4) is 5.75 Å². The number of sulfonamides is 1. The average Bonchev–Trinajstić information content (AvgIpc) is 4.06. The van der Waals surface area contributed by atoms with Crippen molar-refractivity contribution in [1.29, 1.82) is 0 Å². The second-order valence-corrected chi connectivity index (χ2v) is 19.9. The van der Waals surface area contributed by atoms with Crippen LogP contribution in [0.25, 0.3) is 10.9 Å². The summed E-state index contributed by atoms with van der Waals surface area (Å²) in [6.45, 7) is 3.53. The lowest BCUT2D eigenvalue weighted by molar-refractivity contribution is -0.141. The summed E-state index contributed by atoms with van der Waals surface area (Å²) in [4.78, 5) is 63.1. The first-order valence-electron chi connectivity index (χ1n) is 20.3. The van der Waals surface area contributed by atoms with E-state index >= 15 is 0 Å². The van der Waals surface area contributed by atoms with Crippen molar-refractivity contribution < 1.29 is 37.1 Å². The summed E-state index contributed by atoms with van der Waals surface area (Å²) in [6, 6.07) is 3.50. The minimum atomic E-state index is -3.98. The number of alkyl carbamates (subject to hydrolysis) is 1. The number of nitrogens with zero attached hydrogens (tertiary/aromatic N) is 2. The zero-order valence-electron chi connectivity index (χ0n) is 32.2. The van der Waals surface area contributed by atoms with Crippen molar-refractivity contribution in [2.45, 2.75) is 151 Å². The molecule has 4 heterocycles. The number of ether oxygens (including phenoxy) is 2. The second-order valence-electron chi connectivity index (χ2n) is 17.2. The van der Waals surface area contributed by atoms with E-state index in [0.29, 0.717) is 61.4 Å². The topological polar surface area (TPSA) is 173 Å². The monoisotopic (exact) mass is 809 g/mol. The fourth-order valence-corrected chi connectivity index (χ4v) is 10.7. The Morgan fingerprint density at radius 3 is 2.55 bits per heavy atom. The van der Waals surface area contributed by atoms with E-state index in [1.54, 1.807) is 13.0 Å². The molecule has 1 aromatic heterocycles. The Labute approximate surface area is 333 Å². The van der Waals surface area contributed by atoms with Crippen LogP contribution < -0.4 is 20.1 Å². The lowest BCUT2D eigenvalue weighted by atomic mass is 9.87. The highest BCUT2D eigenvalue weighted by molar-refractivity contribution is 7.91. The van der Waals surface area contributed by atoms with E-state index in [1.165, 1.54) is 4.90 Å². The minimum absolute atomic E-state index is 0.0570. The molecule has 5 atom stereocenters. The molecule has 4 amide bonds. The van der Waals surface area contributed by atoms with Gasteiger partial charge in [-0.1, -0.05) is 43.0 Å². The predicted octanol–water partition coefficient (Wildman–Crippen LogP) is 5.68. The number of benzene rings is 1. The molecule has 3 aliphatic carbocycles. The lowest BCUT2D eigenvalue weighted by Crippen LogP contribution is -2.58. The summed E-state index contributed by atoms with van der Waals surface area (Å²) in [6.07, 6.45) is 13.2. The fourth-order valence-electron chi connectivity index (χ4n) is 9.17. The number of fused-ring (bicyclic) bond motifs is 5. The van der Waals surface area contributed by atoms with Gasteiger partial charge in [-0.25, -0.2) is 18.2 Å². The third-order valence-corrected chi connectivity index (χ3v) is 15.4. The quantitative estimate of drug-likeness (QED) is 0.321. The number of amides is 4. The van der Waals surface area contributed by atoms with E-state index in [1.807, 2.05) is 31.2 Å². The van der Waals surface area contributed by atoms with E-state index in [0.717, 1.165) is 61.4 Å². The van der Waals surface area contributed by atoms with Crippen molar-refractivity contribution in [3.05, 3.63) is 46.6 Å². The Kier molecular flexibility index (Phi) is 10.3. The maximum Gasteiger partial charge on any atom is 0.408 e. The zero-order chi connectivity index (χ0) is 39.5. The number of hydrogen-bond donors (Lipinski definition) is 3. The van der Waals surface area contributed by atoms with Gasteiger partial charge in [0.1, 0.15) is 35.1 Å². The Bertz CT molecular complexity index is 2080. The number of hydrogen-bond acceptors (Lipinski definition) is 9. The molecule has 3 aliphatic heterocycles. The number of pyridine rings is 1. The van der Waals surface area contributed by atoms with E-state index in [4.69, 9.17) is 26.1 Å². The largest absolute Gasteiger partial charge is 0.483 e. The van der Waals surface area contributed by atoms with E-state index < -0.39 is 67.7 Å². The summed E-state index contributed by atoms with van der Waals surface area (Å²) in [5, 5.41) is 7.29. The lowest BCUT2D eigenvalue weighted by Gasteiger charge is -2.36. The summed E-state index contributed by atoms with van der Waals surface area (Å²) in [7, 11) is -3.98. The van der Waals surface area contributed by atoms with Gasteiger partial charge in [0.15, 0.2) is 0 Å². The van der Waals surface area contributed by atoms with E-state index in [-0.39, 0.29) is 25.5 Å². The number of rotatable bonds is 5. The Balaban J connectivity index is 1.12. The maximum absolute atomic E-state index is 14.8. The summed E-state index contributed by atoms with van der Waals surface area (Å²) >= 11 is 6.40. The number of nitrogens with one attached hydrogen (secondary N) is 3. The Morgan fingerprint density at radius 1 is 1.04 bits per heavy atom. The molecule has 15 heteroatoms. The molecule has 0 bridgehead atoms. The van der Waals surface area contributed by atoms with Crippen molar-refractivity contribution in [1.82, 2.24) is 25.2 Å². The van der Waals surface area contributed by atoms with Gasteiger partial charge >= 0.3 is 6.09 Å². The number of aryl methyl sites for hydroxylation is 2. The van der Waals surface area contributed by atoms with Crippen LogP contribution in [0.5, 0.6) is 5.75 Å². The molecular formula is C41H52ClN5O8S. The normalized spacial score (nSPS) is 31.1. The number of aromatic nitrogens is 1. The third kappa shape index (κ3) is 7.47. The standard InChI is InChI=1S/C41H52ClN5O8S/c1-25-34-29(30-21-27(42)15-16-31(30)43-25)17-18-40(55-34)23-33-35(48)45-41(37(50)46-56(52,53)39(2)19-20-39)22-26(41)11-7-4-3-5-10-14-32(36(49)47(33)24-40)44-38(51)54-28-12-8-6-9-13-28/h7,11,15-16,21,26,28,32-33H,3-6,8-10,12-14,17-20,22-24H2,1-2H3,(H,44,51)(H,45,48)(H,46,50)/b11-7-/t26-,32+,33+,40-,41-/m1/s1. The highest BCUT2D eigenvalue weighted by Crippen LogP contribution is 2.49. The number of carbonyl (C=O) groups excluding carboxylic acids is 4. The van der Waals surface area contributed by atoms with Crippen LogP contribution >= 0.6 is 11.6 Å². The molecule has 0 radical (unpaired) electrons. The fraction of sp³-hybridized carbons (Fsp3) is 0.634. The first-order chi connectivity index (χ1) is 26.7. The van der Waals surface area contributed by atoms with Crippen molar-refractivity contribution in [2.24, 2.45) is 5.92 Å². The maximum atomic E-state index is 14.8. The van der Waals surface area contributed by atoms with E-state index in [9.17, 15) is 27.6 Å². The van der Waals surface area contributed by atoms with Gasteiger partial charge in [-0.15, -0.1) is 0 Å². The SMILES string of the molecule is Cc1nc2ccc(Cl)cc2c2c1O[C@]1(CC2)C[C@H]2C(=O)N[C@]3(C(=O)NS(=O)(=O)C4(C)CC4)C[C@H]3/C=C\CCCCC[C@H](NC(=O)OC3CCCCC3)C(=O)N2C1. The average molecular weight is 810 g/mol. The van der Waals surface area contributed by atoms with Gasteiger partial charge < -0.3 is 25.0 Å². The van der Waals surface area contributed by atoms with Crippen LogP contribution in [-0.4, -0.2) is 82.7 Å². The van der Waals surface area contributed by atoms with Crippen molar-refractivity contribution >= 4 is 56.3 Å². The van der Waals surface area contributed by atoms with Crippen LogP contribution in [0.3, 0.4) is 0 Å². The van der Waals surface area contributed by atoms with Crippen LogP contribution in [0, 0.1) is 12.8 Å². The molecule has 13 nitrogen and oxygen atoms in total.